The third-order valence-electron chi connectivity index (χ3n) is 5.25. The second-order valence-corrected chi connectivity index (χ2v) is 6.79. The largest absolute Gasteiger partial charge is 0.358 e. The normalized spacial score (nSPS) is 23.6. The smallest absolute Gasteiger partial charge is 0.109 e. The summed E-state index contributed by atoms with van der Waals surface area (Å²) >= 11 is 0. The monoisotopic (exact) mass is 293 g/mol. The summed E-state index contributed by atoms with van der Waals surface area (Å²) in [7, 11) is 2.20. The van der Waals surface area contributed by atoms with E-state index >= 15 is 0 Å². The van der Waals surface area contributed by atoms with Crippen LogP contribution >= 0.6 is 0 Å². The van der Waals surface area contributed by atoms with Gasteiger partial charge in [0.25, 0.3) is 0 Å². The van der Waals surface area contributed by atoms with Gasteiger partial charge < -0.3 is 9.64 Å². The molecule has 0 unspecified atom stereocenters. The molecule has 22 heavy (non-hydrogen) atoms. The molecule has 0 aromatic heterocycles. The first-order chi connectivity index (χ1) is 10.7. The molecule has 2 nitrogen and oxygen atoms in total. The van der Waals surface area contributed by atoms with Gasteiger partial charge in [-0.05, 0) is 43.5 Å². The van der Waals surface area contributed by atoms with E-state index in [1.54, 1.807) is 0 Å². The summed E-state index contributed by atoms with van der Waals surface area (Å²) in [4.78, 5) is 2.40. The first-order valence-corrected chi connectivity index (χ1v) is 8.20. The van der Waals surface area contributed by atoms with Crippen LogP contribution in [0, 0.1) is 6.92 Å². The number of piperidine rings is 1. The summed E-state index contributed by atoms with van der Waals surface area (Å²) in [5, 5.41) is 0. The summed E-state index contributed by atoms with van der Waals surface area (Å²) in [5.74, 6) is 0. The van der Waals surface area contributed by atoms with Crippen molar-refractivity contribution in [2.75, 3.05) is 20.1 Å². The molecule has 4 rings (SSSR count). The van der Waals surface area contributed by atoms with Gasteiger partial charge in [-0.3, -0.25) is 0 Å². The lowest BCUT2D eigenvalue weighted by Crippen LogP contribution is -2.40. The highest BCUT2D eigenvalue weighted by atomic mass is 16.5. The van der Waals surface area contributed by atoms with Gasteiger partial charge in [0.2, 0.25) is 0 Å². The maximum absolute atomic E-state index is 6.71. The van der Waals surface area contributed by atoms with Gasteiger partial charge in [-0.15, -0.1) is 0 Å². The number of aryl methyl sites for hydroxylation is 1. The van der Waals surface area contributed by atoms with Crippen LogP contribution in [0.3, 0.4) is 0 Å². The molecule has 1 spiro atoms. The van der Waals surface area contributed by atoms with E-state index in [-0.39, 0.29) is 11.7 Å². The Bertz CT molecular complexity index is 668. The molecule has 2 aliphatic heterocycles. The molecule has 0 aliphatic carbocycles. The Morgan fingerprint density at radius 1 is 1.00 bits per heavy atom. The molecule has 0 bridgehead atoms. The van der Waals surface area contributed by atoms with Crippen LogP contribution in [0.15, 0.2) is 48.5 Å². The number of hydrogen-bond donors (Lipinski definition) is 0. The van der Waals surface area contributed by atoms with Crippen molar-refractivity contribution in [1.82, 2.24) is 4.90 Å². The highest BCUT2D eigenvalue weighted by Crippen LogP contribution is 2.51. The molecule has 0 saturated carbocycles. The number of rotatable bonds is 1. The van der Waals surface area contributed by atoms with Crippen molar-refractivity contribution < 1.29 is 4.74 Å². The average Bonchev–Trinajstić information content (AvgIpc) is 2.87. The standard InChI is InChI=1S/C20H23NO/c1-15-7-9-16(10-8-15)19-17-5-3-4-6-18(17)20(22-19)11-13-21(2)14-12-20/h3-10,19H,11-14H2,1-2H3/t19-/m0/s1. The molecule has 2 heteroatoms. The minimum Gasteiger partial charge on any atom is -0.358 e. The predicted octanol–water partition coefficient (Wildman–Crippen LogP) is 4.04. The number of benzene rings is 2. The zero-order valence-corrected chi connectivity index (χ0v) is 13.4. The van der Waals surface area contributed by atoms with Crippen LogP contribution < -0.4 is 0 Å². The van der Waals surface area contributed by atoms with E-state index in [0.717, 1.165) is 25.9 Å². The molecule has 2 heterocycles. The molecule has 1 saturated heterocycles. The average molecular weight is 293 g/mol. The minimum atomic E-state index is -0.0847. The van der Waals surface area contributed by atoms with Crippen LogP contribution in [-0.4, -0.2) is 25.0 Å². The van der Waals surface area contributed by atoms with Crippen LogP contribution in [0.4, 0.5) is 0 Å². The van der Waals surface area contributed by atoms with Crippen LogP contribution in [0.25, 0.3) is 0 Å². The topological polar surface area (TPSA) is 12.5 Å². The second-order valence-electron chi connectivity index (χ2n) is 6.79. The fourth-order valence-corrected chi connectivity index (χ4v) is 3.85. The van der Waals surface area contributed by atoms with Crippen molar-refractivity contribution in [3.63, 3.8) is 0 Å². The second kappa shape index (κ2) is 5.22. The Hall–Kier alpha value is -1.64. The molecule has 0 radical (unpaired) electrons. The summed E-state index contributed by atoms with van der Waals surface area (Å²) in [6, 6.07) is 17.6. The Kier molecular flexibility index (Phi) is 3.32. The third kappa shape index (κ3) is 2.18. The molecule has 2 aromatic rings. The van der Waals surface area contributed by atoms with Crippen molar-refractivity contribution in [2.24, 2.45) is 0 Å². The number of fused-ring (bicyclic) bond motifs is 2. The lowest BCUT2D eigenvalue weighted by atomic mass is 9.83. The first-order valence-electron chi connectivity index (χ1n) is 8.20. The molecule has 0 amide bonds. The molecule has 2 aromatic carbocycles. The molecule has 0 N–H and O–H groups in total. The van der Waals surface area contributed by atoms with Gasteiger partial charge in [0.1, 0.15) is 6.10 Å². The van der Waals surface area contributed by atoms with Gasteiger partial charge in [0.05, 0.1) is 5.60 Å². The maximum atomic E-state index is 6.71. The number of likely N-dealkylation sites (tertiary alicyclic amines) is 1. The molecule has 1 atom stereocenters. The maximum Gasteiger partial charge on any atom is 0.109 e. The van der Waals surface area contributed by atoms with E-state index in [1.165, 1.54) is 22.3 Å². The Labute approximate surface area is 132 Å². The molecular formula is C20H23NO. The summed E-state index contributed by atoms with van der Waals surface area (Å²) in [5.41, 5.74) is 5.25. The van der Waals surface area contributed by atoms with Gasteiger partial charge in [0, 0.05) is 13.1 Å². The zero-order valence-electron chi connectivity index (χ0n) is 13.4. The van der Waals surface area contributed by atoms with Crippen LogP contribution in [0.2, 0.25) is 0 Å². The van der Waals surface area contributed by atoms with Gasteiger partial charge in [-0.1, -0.05) is 54.1 Å². The Balaban J connectivity index is 1.75. The van der Waals surface area contributed by atoms with E-state index in [0.29, 0.717) is 0 Å². The third-order valence-corrected chi connectivity index (χ3v) is 5.25. The van der Waals surface area contributed by atoms with Gasteiger partial charge in [-0.25, -0.2) is 0 Å². The van der Waals surface area contributed by atoms with Crippen molar-refractivity contribution in [1.29, 1.82) is 0 Å². The van der Waals surface area contributed by atoms with Crippen molar-refractivity contribution in [2.45, 2.75) is 31.5 Å². The van der Waals surface area contributed by atoms with Gasteiger partial charge in [-0.2, -0.15) is 0 Å². The van der Waals surface area contributed by atoms with Crippen molar-refractivity contribution >= 4 is 0 Å². The SMILES string of the molecule is Cc1ccc([C@@H]2OC3(CCN(C)CC3)c3ccccc32)cc1. The molecule has 114 valence electrons. The highest BCUT2D eigenvalue weighted by molar-refractivity contribution is 5.44. The predicted molar refractivity (Wildman–Crippen MR) is 89.0 cm³/mol. The summed E-state index contributed by atoms with van der Waals surface area (Å²) in [6.07, 6.45) is 2.26. The number of ether oxygens (including phenoxy) is 1. The molecule has 2 aliphatic rings. The van der Waals surface area contributed by atoms with Gasteiger partial charge in [0.15, 0.2) is 0 Å². The fraction of sp³-hybridized carbons (Fsp3) is 0.400. The number of nitrogens with zero attached hydrogens (tertiary/aromatic N) is 1. The lowest BCUT2D eigenvalue weighted by Gasteiger charge is -2.38. The van der Waals surface area contributed by atoms with E-state index in [2.05, 4.69) is 67.4 Å². The Morgan fingerprint density at radius 3 is 2.41 bits per heavy atom. The van der Waals surface area contributed by atoms with E-state index in [1.807, 2.05) is 0 Å². The van der Waals surface area contributed by atoms with E-state index in [9.17, 15) is 0 Å². The lowest BCUT2D eigenvalue weighted by molar-refractivity contribution is -0.0941. The van der Waals surface area contributed by atoms with Crippen LogP contribution in [0.5, 0.6) is 0 Å². The van der Waals surface area contributed by atoms with E-state index < -0.39 is 0 Å². The zero-order chi connectivity index (χ0) is 15.2. The highest BCUT2D eigenvalue weighted by Gasteiger charge is 2.46. The quantitative estimate of drug-likeness (QED) is 0.787. The molecular weight excluding hydrogens is 270 g/mol. The van der Waals surface area contributed by atoms with E-state index in [4.69, 9.17) is 4.74 Å². The first kappa shape index (κ1) is 14.0. The molecule has 1 fully saturated rings. The Morgan fingerprint density at radius 2 is 1.68 bits per heavy atom. The summed E-state index contributed by atoms with van der Waals surface area (Å²) in [6.45, 7) is 4.34. The van der Waals surface area contributed by atoms with Crippen LogP contribution in [0.1, 0.15) is 41.2 Å². The summed E-state index contributed by atoms with van der Waals surface area (Å²) < 4.78 is 6.71. The van der Waals surface area contributed by atoms with Gasteiger partial charge >= 0.3 is 0 Å². The minimum absolute atomic E-state index is 0.0835. The fourth-order valence-electron chi connectivity index (χ4n) is 3.85. The van der Waals surface area contributed by atoms with Crippen LogP contribution in [-0.2, 0) is 10.3 Å². The van der Waals surface area contributed by atoms with Crippen molar-refractivity contribution in [3.8, 4) is 0 Å². The van der Waals surface area contributed by atoms with Crippen molar-refractivity contribution in [3.05, 3.63) is 70.8 Å². The number of hydrogen-bond acceptors (Lipinski definition) is 2.